The molecule has 3 nitrogen and oxygen atoms in total. The zero-order chi connectivity index (χ0) is 10.4. The Kier molecular flexibility index (Phi) is 6.77. The molecule has 0 saturated heterocycles. The molecule has 0 radical (unpaired) electrons. The van der Waals surface area contributed by atoms with Crippen LogP contribution in [0.1, 0.15) is 27.7 Å². The average molecular weight is 207 g/mol. The zero-order valence-electron chi connectivity index (χ0n) is 8.86. The molecule has 2 atom stereocenters. The molecule has 0 aliphatic heterocycles. The van der Waals surface area contributed by atoms with Crippen LogP contribution in [0.3, 0.4) is 0 Å². The maximum absolute atomic E-state index is 9.44. The van der Waals surface area contributed by atoms with Crippen LogP contribution in [-0.2, 0) is 4.74 Å². The highest BCUT2D eigenvalue weighted by molar-refractivity contribution is 7.99. The fourth-order valence-corrected chi connectivity index (χ4v) is 1.54. The highest BCUT2D eigenvalue weighted by Crippen LogP contribution is 2.12. The van der Waals surface area contributed by atoms with E-state index in [-0.39, 0.29) is 12.1 Å². The van der Waals surface area contributed by atoms with Gasteiger partial charge in [-0.05, 0) is 19.1 Å². The molecule has 0 rings (SSSR count). The van der Waals surface area contributed by atoms with Crippen molar-refractivity contribution in [2.75, 3.05) is 5.75 Å². The van der Waals surface area contributed by atoms with E-state index in [2.05, 4.69) is 13.8 Å². The van der Waals surface area contributed by atoms with Crippen LogP contribution in [0.5, 0.6) is 0 Å². The van der Waals surface area contributed by atoms with Crippen molar-refractivity contribution < 1.29 is 9.84 Å². The number of aliphatic hydroxyl groups is 1. The van der Waals surface area contributed by atoms with E-state index in [0.717, 1.165) is 5.75 Å². The van der Waals surface area contributed by atoms with Crippen LogP contribution >= 0.6 is 11.8 Å². The number of aliphatic hydroxyl groups excluding tert-OH is 1. The van der Waals surface area contributed by atoms with Gasteiger partial charge < -0.3 is 15.6 Å². The first kappa shape index (κ1) is 13.2. The lowest BCUT2D eigenvalue weighted by atomic mass is 10.3. The van der Waals surface area contributed by atoms with Gasteiger partial charge in [0.25, 0.3) is 0 Å². The monoisotopic (exact) mass is 207 g/mol. The summed E-state index contributed by atoms with van der Waals surface area (Å²) in [6.45, 7) is 7.97. The number of rotatable bonds is 6. The van der Waals surface area contributed by atoms with E-state index in [0.29, 0.717) is 5.25 Å². The highest BCUT2D eigenvalue weighted by atomic mass is 32.2. The summed E-state index contributed by atoms with van der Waals surface area (Å²) in [5.41, 5.74) is 5.72. The molecule has 0 heterocycles. The van der Waals surface area contributed by atoms with Gasteiger partial charge in [-0.15, -0.1) is 0 Å². The van der Waals surface area contributed by atoms with E-state index < -0.39 is 6.29 Å². The largest absolute Gasteiger partial charge is 0.367 e. The van der Waals surface area contributed by atoms with Gasteiger partial charge in [0.1, 0.15) is 0 Å². The summed E-state index contributed by atoms with van der Waals surface area (Å²) in [5, 5.41) is 9.98. The van der Waals surface area contributed by atoms with Gasteiger partial charge in [0.05, 0.1) is 12.1 Å². The van der Waals surface area contributed by atoms with E-state index in [4.69, 9.17) is 10.5 Å². The lowest BCUT2D eigenvalue weighted by Gasteiger charge is -2.21. The van der Waals surface area contributed by atoms with E-state index in [1.165, 1.54) is 0 Å². The van der Waals surface area contributed by atoms with Gasteiger partial charge in [-0.2, -0.15) is 11.8 Å². The summed E-state index contributed by atoms with van der Waals surface area (Å²) < 4.78 is 5.16. The SMILES string of the molecule is CC(C)OC(O)C(N)CSC(C)C. The Morgan fingerprint density at radius 1 is 1.31 bits per heavy atom. The summed E-state index contributed by atoms with van der Waals surface area (Å²) in [7, 11) is 0. The van der Waals surface area contributed by atoms with Crippen molar-refractivity contribution in [1.82, 2.24) is 0 Å². The van der Waals surface area contributed by atoms with Crippen LogP contribution in [0.15, 0.2) is 0 Å². The van der Waals surface area contributed by atoms with E-state index in [1.807, 2.05) is 13.8 Å². The smallest absolute Gasteiger partial charge is 0.170 e. The third-order valence-electron chi connectivity index (χ3n) is 1.40. The fourth-order valence-electron chi connectivity index (χ4n) is 0.766. The molecule has 2 unspecified atom stereocenters. The molecule has 0 saturated carbocycles. The van der Waals surface area contributed by atoms with Crippen LogP contribution in [0.2, 0.25) is 0 Å². The van der Waals surface area contributed by atoms with Gasteiger partial charge in [-0.25, -0.2) is 0 Å². The molecule has 0 aromatic heterocycles. The van der Waals surface area contributed by atoms with Crippen molar-refractivity contribution in [3.8, 4) is 0 Å². The Morgan fingerprint density at radius 2 is 1.85 bits per heavy atom. The molecule has 0 amide bonds. The zero-order valence-corrected chi connectivity index (χ0v) is 9.67. The summed E-state index contributed by atoms with van der Waals surface area (Å²) in [4.78, 5) is 0. The van der Waals surface area contributed by atoms with Gasteiger partial charge in [-0.3, -0.25) is 0 Å². The second-order valence-corrected chi connectivity index (χ2v) is 5.23. The van der Waals surface area contributed by atoms with Gasteiger partial charge >= 0.3 is 0 Å². The van der Waals surface area contributed by atoms with Crippen LogP contribution in [0.4, 0.5) is 0 Å². The van der Waals surface area contributed by atoms with Gasteiger partial charge in [0, 0.05) is 5.75 Å². The molecule has 13 heavy (non-hydrogen) atoms. The number of ether oxygens (including phenoxy) is 1. The summed E-state index contributed by atoms with van der Waals surface area (Å²) in [6, 6.07) is -0.296. The number of hydrogen-bond donors (Lipinski definition) is 2. The first-order valence-electron chi connectivity index (χ1n) is 4.64. The Morgan fingerprint density at radius 3 is 2.23 bits per heavy atom. The predicted octanol–water partition coefficient (Wildman–Crippen LogP) is 1.20. The van der Waals surface area contributed by atoms with E-state index >= 15 is 0 Å². The lowest BCUT2D eigenvalue weighted by Crippen LogP contribution is -2.40. The molecule has 80 valence electrons. The lowest BCUT2D eigenvalue weighted by molar-refractivity contribution is -0.133. The van der Waals surface area contributed by atoms with Crippen LogP contribution in [-0.4, -0.2) is 34.5 Å². The predicted molar refractivity (Wildman–Crippen MR) is 57.8 cm³/mol. The van der Waals surface area contributed by atoms with Crippen LogP contribution in [0.25, 0.3) is 0 Å². The third-order valence-corrected chi connectivity index (χ3v) is 2.64. The summed E-state index contributed by atoms with van der Waals surface area (Å²) in [6.07, 6.45) is -0.823. The average Bonchev–Trinajstić information content (AvgIpc) is 1.98. The second-order valence-electron chi connectivity index (χ2n) is 3.62. The fraction of sp³-hybridized carbons (Fsp3) is 1.00. The molecular weight excluding hydrogens is 186 g/mol. The maximum atomic E-state index is 9.44. The molecule has 4 heteroatoms. The number of nitrogens with two attached hydrogens (primary N) is 1. The Hall–Kier alpha value is 0.230. The molecular formula is C9H21NO2S. The van der Waals surface area contributed by atoms with Gasteiger partial charge in [-0.1, -0.05) is 13.8 Å². The van der Waals surface area contributed by atoms with Crippen molar-refractivity contribution in [2.24, 2.45) is 5.73 Å². The van der Waals surface area contributed by atoms with Gasteiger partial charge in [0.2, 0.25) is 0 Å². The van der Waals surface area contributed by atoms with Crippen molar-refractivity contribution in [1.29, 1.82) is 0 Å². The summed E-state index contributed by atoms with van der Waals surface area (Å²) in [5.74, 6) is 0.728. The minimum absolute atomic E-state index is 0.0186. The molecule has 0 fully saturated rings. The van der Waals surface area contributed by atoms with Crippen molar-refractivity contribution in [3.63, 3.8) is 0 Å². The standard InChI is InChI=1S/C9H21NO2S/c1-6(2)12-9(11)8(10)5-13-7(3)4/h6-9,11H,5,10H2,1-4H3. The van der Waals surface area contributed by atoms with Crippen LogP contribution in [0, 0.1) is 0 Å². The van der Waals surface area contributed by atoms with E-state index in [1.54, 1.807) is 11.8 Å². The third kappa shape index (κ3) is 7.31. The normalized spacial score (nSPS) is 16.6. The highest BCUT2D eigenvalue weighted by Gasteiger charge is 2.16. The minimum Gasteiger partial charge on any atom is -0.367 e. The molecule has 0 spiro atoms. The molecule has 3 N–H and O–H groups in total. The molecule has 0 aliphatic carbocycles. The number of thioether (sulfide) groups is 1. The molecule has 0 aromatic rings. The van der Waals surface area contributed by atoms with Crippen molar-refractivity contribution in [2.45, 2.75) is 51.4 Å². The van der Waals surface area contributed by atoms with Crippen LogP contribution < -0.4 is 5.73 Å². The van der Waals surface area contributed by atoms with E-state index in [9.17, 15) is 5.11 Å². The minimum atomic E-state index is -0.841. The Bertz CT molecular complexity index is 131. The van der Waals surface area contributed by atoms with Crippen molar-refractivity contribution in [3.05, 3.63) is 0 Å². The maximum Gasteiger partial charge on any atom is 0.170 e. The molecule has 0 aliphatic rings. The molecule has 0 bridgehead atoms. The first-order valence-corrected chi connectivity index (χ1v) is 5.69. The first-order chi connectivity index (χ1) is 5.93. The van der Waals surface area contributed by atoms with Crippen molar-refractivity contribution >= 4 is 11.8 Å². The number of hydrogen-bond acceptors (Lipinski definition) is 4. The molecule has 0 aromatic carbocycles. The quantitative estimate of drug-likeness (QED) is 0.643. The van der Waals surface area contributed by atoms with Gasteiger partial charge in [0.15, 0.2) is 6.29 Å². The summed E-state index contributed by atoms with van der Waals surface area (Å²) >= 11 is 1.73. The second kappa shape index (κ2) is 6.65. The Labute approximate surface area is 85.0 Å². The topological polar surface area (TPSA) is 55.5 Å². The Balaban J connectivity index is 3.62.